The second-order valence-corrected chi connectivity index (χ2v) is 4.77. The SMILES string of the molecule is C1CO[C@@H](CN2CCSCC2)C1. The standard InChI is InChI=1S/C9H17NOS/c1-2-9(11-5-1)8-10-3-6-12-7-4-10/h9H,1-8H2/t9-/m1/s1. The molecule has 2 aliphatic heterocycles. The van der Waals surface area contributed by atoms with Gasteiger partial charge in [-0.05, 0) is 12.8 Å². The molecule has 0 bridgehead atoms. The van der Waals surface area contributed by atoms with E-state index in [1.54, 1.807) is 0 Å². The van der Waals surface area contributed by atoms with Crippen molar-refractivity contribution in [1.82, 2.24) is 4.90 Å². The molecule has 0 aromatic rings. The van der Waals surface area contributed by atoms with E-state index in [4.69, 9.17) is 4.74 Å². The zero-order valence-electron chi connectivity index (χ0n) is 7.50. The maximum Gasteiger partial charge on any atom is 0.0702 e. The average Bonchev–Trinajstić information content (AvgIpc) is 2.59. The van der Waals surface area contributed by atoms with Gasteiger partial charge in [0.15, 0.2) is 0 Å². The van der Waals surface area contributed by atoms with E-state index in [2.05, 4.69) is 16.7 Å². The Morgan fingerprint density at radius 1 is 1.33 bits per heavy atom. The molecule has 0 aromatic heterocycles. The second kappa shape index (κ2) is 4.49. The summed E-state index contributed by atoms with van der Waals surface area (Å²) in [4.78, 5) is 2.55. The van der Waals surface area contributed by atoms with Gasteiger partial charge in [0, 0.05) is 37.7 Å². The molecule has 0 aromatic carbocycles. The predicted octanol–water partition coefficient (Wildman–Crippen LogP) is 1.21. The highest BCUT2D eigenvalue weighted by atomic mass is 32.2. The number of hydrogen-bond acceptors (Lipinski definition) is 3. The molecular formula is C9H17NOS. The molecule has 0 N–H and O–H groups in total. The van der Waals surface area contributed by atoms with Crippen LogP contribution in [0.15, 0.2) is 0 Å². The van der Waals surface area contributed by atoms with Gasteiger partial charge < -0.3 is 4.74 Å². The summed E-state index contributed by atoms with van der Waals surface area (Å²) in [6.07, 6.45) is 3.10. The van der Waals surface area contributed by atoms with Crippen molar-refractivity contribution in [2.45, 2.75) is 18.9 Å². The van der Waals surface area contributed by atoms with E-state index in [-0.39, 0.29) is 0 Å². The van der Waals surface area contributed by atoms with Crippen molar-refractivity contribution in [3.63, 3.8) is 0 Å². The summed E-state index contributed by atoms with van der Waals surface area (Å²) in [6, 6.07) is 0. The monoisotopic (exact) mass is 187 g/mol. The lowest BCUT2D eigenvalue weighted by molar-refractivity contribution is 0.0765. The maximum absolute atomic E-state index is 5.61. The van der Waals surface area contributed by atoms with Crippen molar-refractivity contribution >= 4 is 11.8 Å². The first-order valence-electron chi connectivity index (χ1n) is 4.87. The number of thioether (sulfide) groups is 1. The fraction of sp³-hybridized carbons (Fsp3) is 1.00. The Kier molecular flexibility index (Phi) is 3.31. The Labute approximate surface area is 78.6 Å². The smallest absolute Gasteiger partial charge is 0.0702 e. The zero-order valence-corrected chi connectivity index (χ0v) is 8.31. The van der Waals surface area contributed by atoms with Crippen LogP contribution in [0.4, 0.5) is 0 Å². The van der Waals surface area contributed by atoms with Crippen LogP contribution in [0.3, 0.4) is 0 Å². The second-order valence-electron chi connectivity index (χ2n) is 3.55. The summed E-state index contributed by atoms with van der Waals surface area (Å²) in [5.41, 5.74) is 0. The lowest BCUT2D eigenvalue weighted by Crippen LogP contribution is -2.38. The van der Waals surface area contributed by atoms with Crippen molar-refractivity contribution in [3.8, 4) is 0 Å². The van der Waals surface area contributed by atoms with Crippen molar-refractivity contribution in [2.75, 3.05) is 37.7 Å². The first-order chi connectivity index (χ1) is 5.95. The largest absolute Gasteiger partial charge is 0.377 e. The molecular weight excluding hydrogens is 170 g/mol. The highest BCUT2D eigenvalue weighted by Crippen LogP contribution is 2.16. The van der Waals surface area contributed by atoms with E-state index >= 15 is 0 Å². The molecule has 70 valence electrons. The van der Waals surface area contributed by atoms with Gasteiger partial charge in [0.05, 0.1) is 6.10 Å². The van der Waals surface area contributed by atoms with Crippen LogP contribution in [0.1, 0.15) is 12.8 Å². The molecule has 0 radical (unpaired) electrons. The Morgan fingerprint density at radius 3 is 2.83 bits per heavy atom. The van der Waals surface area contributed by atoms with Gasteiger partial charge in [-0.15, -0.1) is 0 Å². The third kappa shape index (κ3) is 2.38. The Morgan fingerprint density at radius 2 is 2.17 bits per heavy atom. The Bertz CT molecular complexity index is 130. The van der Waals surface area contributed by atoms with Gasteiger partial charge in [-0.3, -0.25) is 4.90 Å². The zero-order chi connectivity index (χ0) is 8.23. The molecule has 2 aliphatic rings. The van der Waals surface area contributed by atoms with Crippen LogP contribution in [0.2, 0.25) is 0 Å². The number of nitrogens with zero attached hydrogens (tertiary/aromatic N) is 1. The molecule has 2 rings (SSSR count). The summed E-state index contributed by atoms with van der Waals surface area (Å²) in [6.45, 7) is 4.71. The van der Waals surface area contributed by atoms with E-state index in [9.17, 15) is 0 Å². The summed E-state index contributed by atoms with van der Waals surface area (Å²) < 4.78 is 5.61. The Balaban J connectivity index is 1.69. The van der Waals surface area contributed by atoms with E-state index in [0.29, 0.717) is 6.10 Å². The maximum atomic E-state index is 5.61. The van der Waals surface area contributed by atoms with Crippen LogP contribution in [0.5, 0.6) is 0 Å². The summed E-state index contributed by atoms with van der Waals surface area (Å²) in [5.74, 6) is 2.62. The minimum Gasteiger partial charge on any atom is -0.377 e. The van der Waals surface area contributed by atoms with E-state index in [1.807, 2.05) is 0 Å². The van der Waals surface area contributed by atoms with Crippen LogP contribution >= 0.6 is 11.8 Å². The third-order valence-corrected chi connectivity index (χ3v) is 3.53. The molecule has 2 heterocycles. The molecule has 2 nitrogen and oxygen atoms in total. The number of rotatable bonds is 2. The van der Waals surface area contributed by atoms with E-state index in [1.165, 1.54) is 44.0 Å². The van der Waals surface area contributed by atoms with Crippen LogP contribution in [-0.4, -0.2) is 48.8 Å². The Hall–Kier alpha value is 0.270. The topological polar surface area (TPSA) is 12.5 Å². The van der Waals surface area contributed by atoms with Gasteiger partial charge in [-0.1, -0.05) is 0 Å². The average molecular weight is 187 g/mol. The van der Waals surface area contributed by atoms with Crippen LogP contribution in [0, 0.1) is 0 Å². The molecule has 0 unspecified atom stereocenters. The summed E-state index contributed by atoms with van der Waals surface area (Å²) in [7, 11) is 0. The minimum atomic E-state index is 0.549. The normalized spacial score (nSPS) is 32.5. The lowest BCUT2D eigenvalue weighted by Gasteiger charge is -2.28. The highest BCUT2D eigenvalue weighted by molar-refractivity contribution is 7.99. The van der Waals surface area contributed by atoms with Crippen molar-refractivity contribution in [3.05, 3.63) is 0 Å². The third-order valence-electron chi connectivity index (χ3n) is 2.59. The predicted molar refractivity (Wildman–Crippen MR) is 52.7 cm³/mol. The fourth-order valence-electron chi connectivity index (χ4n) is 1.86. The molecule has 0 aliphatic carbocycles. The quantitative estimate of drug-likeness (QED) is 0.645. The van der Waals surface area contributed by atoms with Crippen LogP contribution < -0.4 is 0 Å². The molecule has 2 fully saturated rings. The van der Waals surface area contributed by atoms with Crippen LogP contribution in [-0.2, 0) is 4.74 Å². The highest BCUT2D eigenvalue weighted by Gasteiger charge is 2.20. The molecule has 0 spiro atoms. The fourth-order valence-corrected chi connectivity index (χ4v) is 2.84. The first kappa shape index (κ1) is 8.85. The van der Waals surface area contributed by atoms with E-state index < -0.39 is 0 Å². The van der Waals surface area contributed by atoms with Gasteiger partial charge >= 0.3 is 0 Å². The summed E-state index contributed by atoms with van der Waals surface area (Å²) >= 11 is 2.07. The summed E-state index contributed by atoms with van der Waals surface area (Å²) in [5, 5.41) is 0. The van der Waals surface area contributed by atoms with Gasteiger partial charge in [-0.25, -0.2) is 0 Å². The van der Waals surface area contributed by atoms with Gasteiger partial charge in [0.2, 0.25) is 0 Å². The minimum absolute atomic E-state index is 0.549. The van der Waals surface area contributed by atoms with E-state index in [0.717, 1.165) is 6.61 Å². The molecule has 2 saturated heterocycles. The van der Waals surface area contributed by atoms with Crippen molar-refractivity contribution < 1.29 is 4.74 Å². The molecule has 0 saturated carbocycles. The number of hydrogen-bond donors (Lipinski definition) is 0. The molecule has 3 heteroatoms. The van der Waals surface area contributed by atoms with Crippen molar-refractivity contribution in [2.24, 2.45) is 0 Å². The van der Waals surface area contributed by atoms with Crippen LogP contribution in [0.25, 0.3) is 0 Å². The molecule has 0 amide bonds. The first-order valence-corrected chi connectivity index (χ1v) is 6.02. The molecule has 12 heavy (non-hydrogen) atoms. The van der Waals surface area contributed by atoms with Gasteiger partial charge in [0.25, 0.3) is 0 Å². The van der Waals surface area contributed by atoms with Gasteiger partial charge in [0.1, 0.15) is 0 Å². The number of ether oxygens (including phenoxy) is 1. The lowest BCUT2D eigenvalue weighted by atomic mass is 10.2. The van der Waals surface area contributed by atoms with Gasteiger partial charge in [-0.2, -0.15) is 11.8 Å². The molecule has 1 atom stereocenters. The van der Waals surface area contributed by atoms with Crippen molar-refractivity contribution in [1.29, 1.82) is 0 Å².